The average molecular weight is 353 g/mol. The van der Waals surface area contributed by atoms with Gasteiger partial charge in [-0.15, -0.1) is 0 Å². The number of amides is 2. The third kappa shape index (κ3) is 2.83. The van der Waals surface area contributed by atoms with Gasteiger partial charge in [-0.2, -0.15) is 0 Å². The number of nitrogens with zero attached hydrogens (tertiary/aromatic N) is 2. The number of rotatable bonds is 2. The van der Waals surface area contributed by atoms with Crippen molar-refractivity contribution >= 4 is 11.7 Å². The summed E-state index contributed by atoms with van der Waals surface area (Å²) >= 11 is 0. The van der Waals surface area contributed by atoms with Crippen molar-refractivity contribution in [3.63, 3.8) is 0 Å². The molecule has 3 aromatic rings. The number of aromatic nitrogens is 1. The molecule has 0 saturated carbocycles. The molecule has 132 valence electrons. The first kappa shape index (κ1) is 16.3. The monoisotopic (exact) mass is 353 g/mol. The van der Waals surface area contributed by atoms with E-state index in [1.54, 1.807) is 35.2 Å². The second kappa shape index (κ2) is 6.63. The summed E-state index contributed by atoms with van der Waals surface area (Å²) in [7, 11) is 0. The van der Waals surface area contributed by atoms with Crippen molar-refractivity contribution in [2.45, 2.75) is 12.6 Å². The van der Waals surface area contributed by atoms with Crippen LogP contribution in [0.1, 0.15) is 17.3 Å². The number of nitrogens with one attached hydrogen (secondary N) is 1. The Labute approximate surface area is 149 Å². The van der Waals surface area contributed by atoms with Gasteiger partial charge in [0.1, 0.15) is 17.7 Å². The summed E-state index contributed by atoms with van der Waals surface area (Å²) in [6.07, 6.45) is 1.91. The van der Waals surface area contributed by atoms with Crippen molar-refractivity contribution in [1.29, 1.82) is 0 Å². The molecule has 26 heavy (non-hydrogen) atoms. The van der Waals surface area contributed by atoms with Crippen LogP contribution in [0.2, 0.25) is 0 Å². The molecule has 1 atom stereocenters. The minimum absolute atomic E-state index is 0.103. The molecule has 0 aliphatic carbocycles. The molecule has 2 aromatic carbocycles. The number of carbonyl (C=O) groups is 1. The van der Waals surface area contributed by atoms with Gasteiger partial charge in [0.2, 0.25) is 0 Å². The maximum absolute atomic E-state index is 14.5. The summed E-state index contributed by atoms with van der Waals surface area (Å²) < 4.78 is 30.4. The molecule has 0 spiro atoms. The van der Waals surface area contributed by atoms with Gasteiger partial charge in [-0.3, -0.25) is 0 Å². The molecule has 0 bridgehead atoms. The Hall–Kier alpha value is -3.15. The van der Waals surface area contributed by atoms with E-state index in [2.05, 4.69) is 5.32 Å². The molecule has 0 unspecified atom stereocenters. The molecule has 0 radical (unpaired) electrons. The lowest BCUT2D eigenvalue weighted by atomic mass is 9.99. The van der Waals surface area contributed by atoms with Crippen LogP contribution in [0.3, 0.4) is 0 Å². The topological polar surface area (TPSA) is 37.3 Å². The molecule has 1 N–H and O–H groups in total. The van der Waals surface area contributed by atoms with Gasteiger partial charge >= 0.3 is 6.03 Å². The van der Waals surface area contributed by atoms with E-state index in [0.29, 0.717) is 18.7 Å². The van der Waals surface area contributed by atoms with E-state index in [0.717, 1.165) is 5.69 Å². The highest BCUT2D eigenvalue weighted by molar-refractivity contribution is 5.90. The first-order chi connectivity index (χ1) is 12.6. The highest BCUT2D eigenvalue weighted by Crippen LogP contribution is 2.34. The van der Waals surface area contributed by atoms with E-state index in [-0.39, 0.29) is 11.5 Å². The van der Waals surface area contributed by atoms with E-state index in [9.17, 15) is 13.6 Å². The van der Waals surface area contributed by atoms with E-state index >= 15 is 0 Å². The van der Waals surface area contributed by atoms with Crippen LogP contribution >= 0.6 is 0 Å². The van der Waals surface area contributed by atoms with Gasteiger partial charge in [-0.1, -0.05) is 30.3 Å². The molecule has 0 fully saturated rings. The highest BCUT2D eigenvalue weighted by atomic mass is 19.1. The fourth-order valence-corrected chi connectivity index (χ4v) is 3.38. The molecule has 2 amide bonds. The fraction of sp³-hybridized carbons (Fsp3) is 0.150. The third-order valence-electron chi connectivity index (χ3n) is 4.61. The second-order valence-electron chi connectivity index (χ2n) is 6.15. The number of halogens is 2. The van der Waals surface area contributed by atoms with Gasteiger partial charge in [-0.25, -0.2) is 13.6 Å². The number of carbonyl (C=O) groups excluding carboxylic acids is 1. The van der Waals surface area contributed by atoms with E-state index in [4.69, 9.17) is 0 Å². The van der Waals surface area contributed by atoms with Crippen molar-refractivity contribution in [2.24, 2.45) is 0 Å². The summed E-state index contributed by atoms with van der Waals surface area (Å²) in [5.41, 5.74) is 1.34. The summed E-state index contributed by atoms with van der Waals surface area (Å²) in [5, 5.41) is 2.60. The Morgan fingerprint density at radius 1 is 0.923 bits per heavy atom. The molecule has 6 heteroatoms. The zero-order valence-corrected chi connectivity index (χ0v) is 13.9. The highest BCUT2D eigenvalue weighted by Gasteiger charge is 2.33. The van der Waals surface area contributed by atoms with E-state index < -0.39 is 17.9 Å². The van der Waals surface area contributed by atoms with Crippen LogP contribution in [-0.2, 0) is 6.54 Å². The lowest BCUT2D eigenvalue weighted by Gasteiger charge is -2.37. The smallest absolute Gasteiger partial charge is 0.322 e. The summed E-state index contributed by atoms with van der Waals surface area (Å²) in [5.74, 6) is -0.889. The number of fused-ring (bicyclic) bond motifs is 1. The second-order valence-corrected chi connectivity index (χ2v) is 6.15. The van der Waals surface area contributed by atoms with Crippen molar-refractivity contribution in [1.82, 2.24) is 9.47 Å². The molecule has 2 heterocycles. The van der Waals surface area contributed by atoms with Crippen molar-refractivity contribution < 1.29 is 13.6 Å². The summed E-state index contributed by atoms with van der Waals surface area (Å²) in [6, 6.07) is 15.1. The van der Waals surface area contributed by atoms with Crippen molar-refractivity contribution in [3.05, 3.63) is 89.8 Å². The van der Waals surface area contributed by atoms with Crippen LogP contribution in [0.5, 0.6) is 0 Å². The summed E-state index contributed by atoms with van der Waals surface area (Å²) in [6.45, 7) is 0.985. The lowest BCUT2D eigenvalue weighted by Crippen LogP contribution is -2.44. The van der Waals surface area contributed by atoms with Crippen LogP contribution in [0.15, 0.2) is 66.9 Å². The first-order valence-electron chi connectivity index (χ1n) is 8.37. The molecule has 1 aliphatic heterocycles. The number of benzene rings is 2. The molecular formula is C20H17F2N3O. The zero-order valence-electron chi connectivity index (χ0n) is 13.9. The van der Waals surface area contributed by atoms with Crippen LogP contribution in [-0.4, -0.2) is 22.0 Å². The SMILES string of the molecule is O=C(Nc1ccccc1F)N1CCn2cccc2[C@H]1c1ccccc1F. The Kier molecular flexibility index (Phi) is 4.16. The van der Waals surface area contributed by atoms with Gasteiger partial charge in [0.25, 0.3) is 0 Å². The molecule has 4 nitrogen and oxygen atoms in total. The largest absolute Gasteiger partial charge is 0.348 e. The lowest BCUT2D eigenvalue weighted by molar-refractivity contribution is 0.180. The standard InChI is InChI=1S/C20H17F2N3O/c21-15-7-2-1-6-14(15)19-18-10-5-11-24(18)12-13-25(19)20(26)23-17-9-4-3-8-16(17)22/h1-11,19H,12-13H2,(H,23,26)/t19-/m1/s1. The Morgan fingerprint density at radius 2 is 1.65 bits per heavy atom. The van der Waals surface area contributed by atoms with Gasteiger partial charge in [0.05, 0.1) is 5.69 Å². The Balaban J connectivity index is 1.71. The van der Waals surface area contributed by atoms with Crippen molar-refractivity contribution in [3.8, 4) is 0 Å². The van der Waals surface area contributed by atoms with Crippen LogP contribution < -0.4 is 5.32 Å². The quantitative estimate of drug-likeness (QED) is 0.728. The van der Waals surface area contributed by atoms with Gasteiger partial charge in [-0.05, 0) is 30.3 Å². The number of para-hydroxylation sites is 1. The van der Waals surface area contributed by atoms with Crippen LogP contribution in [0.4, 0.5) is 19.3 Å². The third-order valence-corrected chi connectivity index (χ3v) is 4.61. The predicted molar refractivity (Wildman–Crippen MR) is 94.8 cm³/mol. The first-order valence-corrected chi connectivity index (χ1v) is 8.37. The zero-order chi connectivity index (χ0) is 18.1. The molecule has 0 saturated heterocycles. The maximum atomic E-state index is 14.5. The maximum Gasteiger partial charge on any atom is 0.322 e. The van der Waals surface area contributed by atoms with E-state index in [1.807, 2.05) is 22.9 Å². The molecule has 1 aromatic heterocycles. The van der Waals surface area contributed by atoms with Crippen molar-refractivity contribution in [2.75, 3.05) is 11.9 Å². The van der Waals surface area contributed by atoms with Crippen LogP contribution in [0.25, 0.3) is 0 Å². The number of hydrogen-bond donors (Lipinski definition) is 1. The number of hydrogen-bond acceptors (Lipinski definition) is 1. The summed E-state index contributed by atoms with van der Waals surface area (Å²) in [4.78, 5) is 14.4. The van der Waals surface area contributed by atoms with Crippen LogP contribution in [0, 0.1) is 11.6 Å². The minimum atomic E-state index is -0.577. The Bertz CT molecular complexity index is 953. The van der Waals surface area contributed by atoms with Gasteiger partial charge in [0, 0.05) is 30.5 Å². The number of urea groups is 1. The van der Waals surface area contributed by atoms with Gasteiger partial charge < -0.3 is 14.8 Å². The fourth-order valence-electron chi connectivity index (χ4n) is 3.38. The normalized spacial score (nSPS) is 16.2. The molecular weight excluding hydrogens is 336 g/mol. The van der Waals surface area contributed by atoms with Gasteiger partial charge in [0.15, 0.2) is 0 Å². The minimum Gasteiger partial charge on any atom is -0.348 e. The Morgan fingerprint density at radius 3 is 2.42 bits per heavy atom. The average Bonchev–Trinajstić information content (AvgIpc) is 3.12. The number of anilines is 1. The molecule has 1 aliphatic rings. The predicted octanol–water partition coefficient (Wildman–Crippen LogP) is 4.40. The van der Waals surface area contributed by atoms with E-state index in [1.165, 1.54) is 18.2 Å². The molecule has 4 rings (SSSR count).